The molecule has 0 aromatic heterocycles. The van der Waals surface area contributed by atoms with Crippen molar-refractivity contribution in [1.29, 1.82) is 0 Å². The van der Waals surface area contributed by atoms with Crippen molar-refractivity contribution in [3.8, 4) is 0 Å². The van der Waals surface area contributed by atoms with Gasteiger partial charge in [0.05, 0.1) is 13.1 Å². The van der Waals surface area contributed by atoms with Crippen LogP contribution in [0.1, 0.15) is 16.8 Å². The Labute approximate surface area is 148 Å². The second kappa shape index (κ2) is 9.17. The molecule has 1 N–H and O–H groups in total. The van der Waals surface area contributed by atoms with E-state index in [0.717, 1.165) is 13.0 Å². The molecule has 1 aliphatic heterocycles. The minimum absolute atomic E-state index is 0.00957. The van der Waals surface area contributed by atoms with Gasteiger partial charge in [0.1, 0.15) is 0 Å². The van der Waals surface area contributed by atoms with Crippen LogP contribution in [-0.4, -0.2) is 85.8 Å². The fourth-order valence-electron chi connectivity index (χ4n) is 2.67. The van der Waals surface area contributed by atoms with Crippen molar-refractivity contribution in [2.24, 2.45) is 0 Å². The summed E-state index contributed by atoms with van der Waals surface area (Å²) in [6, 6.07) is 8.84. The molecule has 25 heavy (non-hydrogen) atoms. The summed E-state index contributed by atoms with van der Waals surface area (Å²) in [7, 11) is 3.48. The van der Waals surface area contributed by atoms with E-state index in [9.17, 15) is 14.4 Å². The lowest BCUT2D eigenvalue weighted by molar-refractivity contribution is -0.130. The van der Waals surface area contributed by atoms with E-state index < -0.39 is 0 Å². The van der Waals surface area contributed by atoms with E-state index in [1.807, 2.05) is 6.07 Å². The molecule has 7 heteroatoms. The molecule has 7 nitrogen and oxygen atoms in total. The molecule has 0 radical (unpaired) electrons. The first-order valence-corrected chi connectivity index (χ1v) is 8.51. The van der Waals surface area contributed by atoms with Crippen molar-refractivity contribution in [1.82, 2.24) is 20.0 Å². The van der Waals surface area contributed by atoms with E-state index in [4.69, 9.17) is 0 Å². The molecule has 0 bridgehead atoms. The average Bonchev–Trinajstić information content (AvgIpc) is 2.85. The fraction of sp³-hybridized carbons (Fsp3) is 0.500. The van der Waals surface area contributed by atoms with Crippen molar-refractivity contribution in [2.45, 2.75) is 6.42 Å². The molecule has 2 rings (SSSR count). The van der Waals surface area contributed by atoms with Gasteiger partial charge >= 0.3 is 0 Å². The summed E-state index contributed by atoms with van der Waals surface area (Å²) in [6.45, 7) is 3.04. The molecule has 0 aliphatic carbocycles. The Balaban J connectivity index is 1.78. The summed E-state index contributed by atoms with van der Waals surface area (Å²) in [5, 5.41) is 2.67. The van der Waals surface area contributed by atoms with E-state index in [1.165, 1.54) is 0 Å². The number of carbonyl (C=O) groups is 3. The summed E-state index contributed by atoms with van der Waals surface area (Å²) in [6.07, 6.45) is 0.819. The molecule has 1 aliphatic rings. The quantitative estimate of drug-likeness (QED) is 0.817. The summed E-state index contributed by atoms with van der Waals surface area (Å²) in [5.74, 6) is -0.276. The average molecular weight is 346 g/mol. The fourth-order valence-corrected chi connectivity index (χ4v) is 2.67. The molecule has 0 spiro atoms. The number of nitrogens with one attached hydrogen (secondary N) is 1. The SMILES string of the molecule is CN(C)C(=O)CN1CCCN(C(=O)CNC(=O)c2ccccc2)CC1. The van der Waals surface area contributed by atoms with Crippen LogP contribution in [0.5, 0.6) is 0 Å². The van der Waals surface area contributed by atoms with Crippen molar-refractivity contribution >= 4 is 17.7 Å². The monoisotopic (exact) mass is 346 g/mol. The van der Waals surface area contributed by atoms with Gasteiger partial charge in [-0.25, -0.2) is 0 Å². The van der Waals surface area contributed by atoms with Crippen LogP contribution in [0.3, 0.4) is 0 Å². The van der Waals surface area contributed by atoms with Crippen molar-refractivity contribution in [3.63, 3.8) is 0 Å². The first-order valence-electron chi connectivity index (χ1n) is 8.51. The third-order valence-electron chi connectivity index (χ3n) is 4.24. The van der Waals surface area contributed by atoms with Crippen LogP contribution >= 0.6 is 0 Å². The van der Waals surface area contributed by atoms with Gasteiger partial charge in [-0.1, -0.05) is 18.2 Å². The second-order valence-electron chi connectivity index (χ2n) is 6.35. The maximum absolute atomic E-state index is 12.3. The third-order valence-corrected chi connectivity index (χ3v) is 4.24. The molecule has 1 heterocycles. The molecule has 1 fully saturated rings. The number of carbonyl (C=O) groups excluding carboxylic acids is 3. The van der Waals surface area contributed by atoms with Gasteiger partial charge in [-0.15, -0.1) is 0 Å². The van der Waals surface area contributed by atoms with Crippen LogP contribution in [0.4, 0.5) is 0 Å². The molecule has 1 saturated heterocycles. The highest BCUT2D eigenvalue weighted by Gasteiger charge is 2.21. The zero-order chi connectivity index (χ0) is 18.2. The van der Waals surface area contributed by atoms with E-state index in [1.54, 1.807) is 48.2 Å². The Morgan fingerprint density at radius 2 is 1.76 bits per heavy atom. The molecule has 3 amide bonds. The van der Waals surface area contributed by atoms with Gasteiger partial charge in [-0.3, -0.25) is 19.3 Å². The largest absolute Gasteiger partial charge is 0.348 e. The van der Waals surface area contributed by atoms with Gasteiger partial charge in [0.2, 0.25) is 11.8 Å². The number of hydrogen-bond acceptors (Lipinski definition) is 4. The molecule has 0 atom stereocenters. The lowest BCUT2D eigenvalue weighted by Crippen LogP contribution is -2.42. The maximum Gasteiger partial charge on any atom is 0.251 e. The zero-order valence-electron chi connectivity index (χ0n) is 14.9. The highest BCUT2D eigenvalue weighted by Crippen LogP contribution is 2.04. The first-order chi connectivity index (χ1) is 12.0. The van der Waals surface area contributed by atoms with Crippen LogP contribution in [0.25, 0.3) is 0 Å². The van der Waals surface area contributed by atoms with Crippen molar-refractivity contribution in [3.05, 3.63) is 35.9 Å². The van der Waals surface area contributed by atoms with Crippen molar-refractivity contribution < 1.29 is 14.4 Å². The number of hydrogen-bond donors (Lipinski definition) is 1. The molecule has 1 aromatic carbocycles. The van der Waals surface area contributed by atoms with E-state index in [-0.39, 0.29) is 24.3 Å². The Morgan fingerprint density at radius 1 is 1.04 bits per heavy atom. The Hall–Kier alpha value is -2.41. The lowest BCUT2D eigenvalue weighted by Gasteiger charge is -2.23. The topological polar surface area (TPSA) is 73.0 Å². The second-order valence-corrected chi connectivity index (χ2v) is 6.35. The van der Waals surface area contributed by atoms with Gasteiger partial charge in [0.25, 0.3) is 5.91 Å². The number of likely N-dealkylation sites (N-methyl/N-ethyl adjacent to an activating group) is 1. The summed E-state index contributed by atoms with van der Waals surface area (Å²) in [4.78, 5) is 41.6. The van der Waals surface area contributed by atoms with E-state index in [0.29, 0.717) is 31.7 Å². The van der Waals surface area contributed by atoms with Crippen LogP contribution in [0, 0.1) is 0 Å². The molecule has 1 aromatic rings. The highest BCUT2D eigenvalue weighted by molar-refractivity contribution is 5.96. The van der Waals surface area contributed by atoms with Crippen LogP contribution < -0.4 is 5.32 Å². The minimum Gasteiger partial charge on any atom is -0.348 e. The minimum atomic E-state index is -0.248. The molecule has 0 saturated carbocycles. The first kappa shape index (κ1) is 18.9. The van der Waals surface area contributed by atoms with E-state index in [2.05, 4.69) is 10.2 Å². The molecule has 0 unspecified atom stereocenters. The summed E-state index contributed by atoms with van der Waals surface area (Å²) < 4.78 is 0. The maximum atomic E-state index is 12.3. The van der Waals surface area contributed by atoms with Crippen molar-refractivity contribution in [2.75, 3.05) is 53.4 Å². The molecular weight excluding hydrogens is 320 g/mol. The number of benzene rings is 1. The van der Waals surface area contributed by atoms with Gasteiger partial charge in [-0.2, -0.15) is 0 Å². The highest BCUT2D eigenvalue weighted by atomic mass is 16.2. The Kier molecular flexibility index (Phi) is 6.94. The van der Waals surface area contributed by atoms with Gasteiger partial charge in [0.15, 0.2) is 0 Å². The number of amides is 3. The van der Waals surface area contributed by atoms with Crippen LogP contribution in [0.2, 0.25) is 0 Å². The van der Waals surface area contributed by atoms with Gasteiger partial charge in [-0.05, 0) is 18.6 Å². The Bertz CT molecular complexity index is 604. The van der Waals surface area contributed by atoms with E-state index >= 15 is 0 Å². The predicted octanol–water partition coefficient (Wildman–Crippen LogP) is 0.0389. The smallest absolute Gasteiger partial charge is 0.251 e. The summed E-state index contributed by atoms with van der Waals surface area (Å²) >= 11 is 0. The summed E-state index contributed by atoms with van der Waals surface area (Å²) in [5.41, 5.74) is 0.541. The Morgan fingerprint density at radius 3 is 2.44 bits per heavy atom. The van der Waals surface area contributed by atoms with Gasteiger partial charge < -0.3 is 15.1 Å². The molecule has 136 valence electrons. The normalized spacial score (nSPS) is 15.4. The zero-order valence-corrected chi connectivity index (χ0v) is 14.9. The third kappa shape index (κ3) is 5.86. The van der Waals surface area contributed by atoms with Crippen LogP contribution in [0.15, 0.2) is 30.3 Å². The number of rotatable bonds is 5. The lowest BCUT2D eigenvalue weighted by atomic mass is 10.2. The molecular formula is C18H26N4O3. The van der Waals surface area contributed by atoms with Gasteiger partial charge in [0, 0.05) is 45.8 Å². The number of nitrogens with zero attached hydrogens (tertiary/aromatic N) is 3. The predicted molar refractivity (Wildman–Crippen MR) is 95.1 cm³/mol. The standard InChI is InChI=1S/C18H26N4O3/c1-20(2)17(24)14-21-9-6-10-22(12-11-21)16(23)13-19-18(25)15-7-4-3-5-8-15/h3-5,7-8H,6,9-14H2,1-2H3,(H,19,25). The van der Waals surface area contributed by atoms with Crippen LogP contribution in [-0.2, 0) is 9.59 Å².